The molecule has 0 radical (unpaired) electrons. The third-order valence-corrected chi connectivity index (χ3v) is 4.48. The van der Waals surface area contributed by atoms with Gasteiger partial charge in [-0.05, 0) is 31.2 Å². The summed E-state index contributed by atoms with van der Waals surface area (Å²) in [5.41, 5.74) is 0.140. The van der Waals surface area contributed by atoms with Crippen molar-refractivity contribution >= 4 is 23.4 Å². The van der Waals surface area contributed by atoms with E-state index in [9.17, 15) is 13.6 Å². The second-order valence-electron chi connectivity index (χ2n) is 5.28. The number of alkyl halides is 2. The number of para-hydroxylation sites is 2. The van der Waals surface area contributed by atoms with Crippen molar-refractivity contribution in [2.45, 2.75) is 23.9 Å². The van der Waals surface area contributed by atoms with Crippen LogP contribution in [0.3, 0.4) is 0 Å². The number of hydrogen-bond acceptors (Lipinski definition) is 7. The van der Waals surface area contributed by atoms with Gasteiger partial charge in [0.1, 0.15) is 5.75 Å². The van der Waals surface area contributed by atoms with Gasteiger partial charge in [-0.1, -0.05) is 23.9 Å². The summed E-state index contributed by atoms with van der Waals surface area (Å²) in [4.78, 5) is 12.4. The maximum Gasteiger partial charge on any atom is 0.387 e. The molecule has 2 heterocycles. The number of thioether (sulfide) groups is 1. The summed E-state index contributed by atoms with van der Waals surface area (Å²) < 4.78 is 35.8. The fourth-order valence-electron chi connectivity index (χ4n) is 2.15. The standard InChI is InChI=1S/C16H15F2N5O3S/c1-9(14(24)20-10-5-2-3-6-11(10)26-15(17)18)27-16-22-21-13(23(16)19)12-7-4-8-25-12/h2-9,15H,19H2,1H3,(H,20,24). The summed E-state index contributed by atoms with van der Waals surface area (Å²) in [5, 5.41) is 10.1. The van der Waals surface area contributed by atoms with E-state index < -0.39 is 17.8 Å². The molecule has 1 aromatic carbocycles. The van der Waals surface area contributed by atoms with E-state index in [0.717, 1.165) is 11.8 Å². The number of nitrogens with one attached hydrogen (secondary N) is 1. The van der Waals surface area contributed by atoms with Gasteiger partial charge in [0.2, 0.25) is 16.9 Å². The Balaban J connectivity index is 1.69. The molecule has 1 unspecified atom stereocenters. The van der Waals surface area contributed by atoms with Crippen LogP contribution in [0.2, 0.25) is 0 Å². The maximum atomic E-state index is 12.5. The van der Waals surface area contributed by atoms with Gasteiger partial charge in [-0.25, -0.2) is 4.68 Å². The molecule has 11 heteroatoms. The highest BCUT2D eigenvalue weighted by molar-refractivity contribution is 8.00. The lowest BCUT2D eigenvalue weighted by molar-refractivity contribution is -0.115. The molecule has 27 heavy (non-hydrogen) atoms. The van der Waals surface area contributed by atoms with Gasteiger partial charge in [0.25, 0.3) is 0 Å². The van der Waals surface area contributed by atoms with Crippen molar-refractivity contribution in [3.05, 3.63) is 42.7 Å². The second-order valence-corrected chi connectivity index (χ2v) is 6.59. The average Bonchev–Trinajstić information content (AvgIpc) is 3.26. The van der Waals surface area contributed by atoms with Crippen LogP contribution in [-0.4, -0.2) is 32.6 Å². The number of carbonyl (C=O) groups is 1. The lowest BCUT2D eigenvalue weighted by atomic mass is 10.3. The van der Waals surface area contributed by atoms with Crippen molar-refractivity contribution in [2.75, 3.05) is 11.2 Å². The molecule has 0 aliphatic carbocycles. The van der Waals surface area contributed by atoms with Crippen LogP contribution in [0.15, 0.2) is 52.2 Å². The Labute approximate surface area is 156 Å². The summed E-state index contributed by atoms with van der Waals surface area (Å²) in [7, 11) is 0. The highest BCUT2D eigenvalue weighted by Crippen LogP contribution is 2.28. The molecule has 0 spiro atoms. The topological polar surface area (TPSA) is 108 Å². The molecule has 3 N–H and O–H groups in total. The van der Waals surface area contributed by atoms with Gasteiger partial charge >= 0.3 is 6.61 Å². The number of halogens is 2. The first-order valence-electron chi connectivity index (χ1n) is 7.71. The van der Waals surface area contributed by atoms with E-state index >= 15 is 0 Å². The molecule has 0 aliphatic rings. The number of nitrogens with zero attached hydrogens (tertiary/aromatic N) is 3. The summed E-state index contributed by atoms with van der Waals surface area (Å²) in [5.74, 6) is 6.14. The number of nitrogen functional groups attached to an aromatic ring is 1. The number of aromatic nitrogens is 3. The number of hydrogen-bond donors (Lipinski definition) is 2. The van der Waals surface area contributed by atoms with E-state index in [1.54, 1.807) is 25.1 Å². The van der Waals surface area contributed by atoms with E-state index in [1.165, 1.54) is 29.1 Å². The van der Waals surface area contributed by atoms with Crippen LogP contribution in [0, 0.1) is 0 Å². The number of rotatable bonds is 7. The number of carbonyl (C=O) groups excluding carboxylic acids is 1. The summed E-state index contributed by atoms with van der Waals surface area (Å²) in [6, 6.07) is 9.29. The zero-order valence-corrected chi connectivity index (χ0v) is 14.8. The highest BCUT2D eigenvalue weighted by Gasteiger charge is 2.22. The zero-order valence-electron chi connectivity index (χ0n) is 14.0. The zero-order chi connectivity index (χ0) is 19.4. The summed E-state index contributed by atoms with van der Waals surface area (Å²) in [6.07, 6.45) is 1.48. The molecule has 1 amide bonds. The Morgan fingerprint density at radius 2 is 2.07 bits per heavy atom. The quantitative estimate of drug-likeness (QED) is 0.468. The molecule has 0 bridgehead atoms. The minimum atomic E-state index is -2.99. The third kappa shape index (κ3) is 4.37. The molecule has 3 aromatic rings. The second kappa shape index (κ2) is 8.08. The lowest BCUT2D eigenvalue weighted by Gasteiger charge is -2.14. The number of benzene rings is 1. The smallest absolute Gasteiger partial charge is 0.387 e. The molecular weight excluding hydrogens is 380 g/mol. The first-order chi connectivity index (χ1) is 13.0. The minimum Gasteiger partial charge on any atom is -0.461 e. The van der Waals surface area contributed by atoms with Gasteiger partial charge < -0.3 is 20.3 Å². The maximum absolute atomic E-state index is 12.5. The van der Waals surface area contributed by atoms with E-state index in [1.807, 2.05) is 0 Å². The van der Waals surface area contributed by atoms with Crippen molar-refractivity contribution in [2.24, 2.45) is 0 Å². The van der Waals surface area contributed by atoms with E-state index in [-0.39, 0.29) is 11.4 Å². The molecule has 142 valence electrons. The fourth-order valence-corrected chi connectivity index (χ4v) is 2.92. The molecule has 2 aromatic heterocycles. The first kappa shape index (κ1) is 18.7. The van der Waals surface area contributed by atoms with Gasteiger partial charge in [-0.3, -0.25) is 4.79 Å². The molecule has 1 atom stereocenters. The van der Waals surface area contributed by atoms with Crippen molar-refractivity contribution in [3.8, 4) is 17.3 Å². The molecule has 3 rings (SSSR count). The van der Waals surface area contributed by atoms with Crippen LogP contribution in [0.4, 0.5) is 14.5 Å². The van der Waals surface area contributed by atoms with Crippen molar-refractivity contribution in [3.63, 3.8) is 0 Å². The van der Waals surface area contributed by atoms with Crippen LogP contribution in [0.1, 0.15) is 6.92 Å². The minimum absolute atomic E-state index is 0.125. The SMILES string of the molecule is CC(Sc1nnc(-c2ccco2)n1N)C(=O)Nc1ccccc1OC(F)F. The highest BCUT2D eigenvalue weighted by atomic mass is 32.2. The molecule has 0 saturated heterocycles. The number of anilines is 1. The monoisotopic (exact) mass is 395 g/mol. The molecule has 0 aliphatic heterocycles. The van der Waals surface area contributed by atoms with Gasteiger partial charge in [0, 0.05) is 0 Å². The van der Waals surface area contributed by atoms with E-state index in [0.29, 0.717) is 16.7 Å². The van der Waals surface area contributed by atoms with E-state index in [2.05, 4.69) is 20.3 Å². The number of furan rings is 1. The summed E-state index contributed by atoms with van der Waals surface area (Å²) >= 11 is 1.06. The van der Waals surface area contributed by atoms with Crippen LogP contribution in [0.25, 0.3) is 11.6 Å². The predicted octanol–water partition coefficient (Wildman–Crippen LogP) is 2.97. The van der Waals surface area contributed by atoms with Crippen LogP contribution >= 0.6 is 11.8 Å². The Kier molecular flexibility index (Phi) is 5.60. The van der Waals surface area contributed by atoms with E-state index in [4.69, 9.17) is 10.3 Å². The predicted molar refractivity (Wildman–Crippen MR) is 94.9 cm³/mol. The third-order valence-electron chi connectivity index (χ3n) is 3.42. The van der Waals surface area contributed by atoms with Gasteiger partial charge in [0.15, 0.2) is 5.76 Å². The van der Waals surface area contributed by atoms with Crippen molar-refractivity contribution in [1.29, 1.82) is 0 Å². The Bertz CT molecular complexity index is 917. The molecule has 0 saturated carbocycles. The average molecular weight is 395 g/mol. The van der Waals surface area contributed by atoms with Gasteiger partial charge in [-0.2, -0.15) is 8.78 Å². The number of ether oxygens (including phenoxy) is 1. The summed E-state index contributed by atoms with van der Waals surface area (Å²) in [6.45, 7) is -1.37. The Morgan fingerprint density at radius 1 is 1.30 bits per heavy atom. The number of nitrogens with two attached hydrogens (primary N) is 1. The first-order valence-corrected chi connectivity index (χ1v) is 8.59. The normalized spacial score (nSPS) is 12.1. The Hall–Kier alpha value is -3.08. The van der Waals surface area contributed by atoms with Crippen molar-refractivity contribution < 1.29 is 22.7 Å². The van der Waals surface area contributed by atoms with Gasteiger partial charge in [0.05, 0.1) is 17.2 Å². The van der Waals surface area contributed by atoms with Crippen LogP contribution in [0.5, 0.6) is 5.75 Å². The molecule has 8 nitrogen and oxygen atoms in total. The number of amides is 1. The van der Waals surface area contributed by atoms with Crippen LogP contribution in [-0.2, 0) is 4.79 Å². The fraction of sp³-hybridized carbons (Fsp3) is 0.188. The molecule has 0 fully saturated rings. The van der Waals surface area contributed by atoms with Crippen molar-refractivity contribution in [1.82, 2.24) is 14.9 Å². The lowest BCUT2D eigenvalue weighted by Crippen LogP contribution is -2.24. The van der Waals surface area contributed by atoms with Crippen LogP contribution < -0.4 is 15.9 Å². The molecular formula is C16H15F2N5O3S. The largest absolute Gasteiger partial charge is 0.461 e. The van der Waals surface area contributed by atoms with Gasteiger partial charge in [-0.15, -0.1) is 10.2 Å². The Morgan fingerprint density at radius 3 is 2.78 bits per heavy atom.